The lowest BCUT2D eigenvalue weighted by molar-refractivity contribution is -0.125. The third-order valence-electron chi connectivity index (χ3n) is 4.68. The number of nitrogens with one attached hydrogen (secondary N) is 1. The van der Waals surface area contributed by atoms with Crippen LogP contribution in [0.4, 0.5) is 5.82 Å². The molecule has 0 bridgehead atoms. The molecule has 1 aromatic rings. The van der Waals surface area contributed by atoms with Crippen LogP contribution in [0.2, 0.25) is 0 Å². The number of aromatic nitrogens is 2. The zero-order chi connectivity index (χ0) is 18.6. The molecule has 0 radical (unpaired) electrons. The van der Waals surface area contributed by atoms with Crippen molar-refractivity contribution < 1.29 is 4.79 Å². The number of anilines is 1. The van der Waals surface area contributed by atoms with E-state index >= 15 is 0 Å². The summed E-state index contributed by atoms with van der Waals surface area (Å²) in [5.41, 5.74) is 1.05. The van der Waals surface area contributed by atoms with Gasteiger partial charge in [-0.3, -0.25) is 4.79 Å². The molecule has 0 spiro atoms. The van der Waals surface area contributed by atoms with E-state index in [1.54, 1.807) is 0 Å². The molecule has 1 N–H and O–H groups in total. The minimum Gasteiger partial charge on any atom is -0.356 e. The maximum atomic E-state index is 12.4. The number of carbonyl (C=O) groups excluding carboxylic acids is 1. The highest BCUT2D eigenvalue weighted by molar-refractivity contribution is 5.79. The third-order valence-corrected chi connectivity index (χ3v) is 4.68. The molecule has 1 aliphatic rings. The minimum absolute atomic E-state index is 0.0188. The van der Waals surface area contributed by atoms with E-state index in [9.17, 15) is 4.79 Å². The van der Waals surface area contributed by atoms with Crippen molar-refractivity contribution in [3.63, 3.8) is 0 Å². The van der Waals surface area contributed by atoms with Crippen molar-refractivity contribution in [2.45, 2.75) is 72.1 Å². The largest absolute Gasteiger partial charge is 0.356 e. The summed E-state index contributed by atoms with van der Waals surface area (Å²) in [4.78, 5) is 24.2. The molecule has 0 aromatic carbocycles. The van der Waals surface area contributed by atoms with Gasteiger partial charge in [0.25, 0.3) is 0 Å². The number of hydrogen-bond acceptors (Lipinski definition) is 4. The zero-order valence-corrected chi connectivity index (χ0v) is 16.7. The molecule has 1 fully saturated rings. The fraction of sp³-hybridized carbons (Fsp3) is 0.750. The molecule has 5 nitrogen and oxygen atoms in total. The van der Waals surface area contributed by atoms with E-state index in [1.165, 1.54) is 0 Å². The maximum Gasteiger partial charge on any atom is 0.224 e. The fourth-order valence-corrected chi connectivity index (χ4v) is 3.05. The molecule has 1 aliphatic heterocycles. The average molecular weight is 347 g/mol. The first-order valence-corrected chi connectivity index (χ1v) is 9.64. The number of piperidine rings is 1. The Morgan fingerprint density at radius 1 is 1.36 bits per heavy atom. The molecule has 1 saturated heterocycles. The van der Waals surface area contributed by atoms with E-state index in [0.717, 1.165) is 56.2 Å². The second-order valence-corrected chi connectivity index (χ2v) is 8.45. The van der Waals surface area contributed by atoms with Gasteiger partial charge in [-0.05, 0) is 19.3 Å². The summed E-state index contributed by atoms with van der Waals surface area (Å²) in [5.74, 6) is 2.38. The lowest BCUT2D eigenvalue weighted by atomic mass is 9.91. The lowest BCUT2D eigenvalue weighted by Crippen LogP contribution is -2.43. The first-order chi connectivity index (χ1) is 11.7. The van der Waals surface area contributed by atoms with Crippen LogP contribution in [0.1, 0.15) is 78.2 Å². The van der Waals surface area contributed by atoms with E-state index < -0.39 is 0 Å². The number of nitrogens with zero attached hydrogens (tertiary/aromatic N) is 3. The molecule has 5 heteroatoms. The first kappa shape index (κ1) is 19.7. The topological polar surface area (TPSA) is 58.1 Å². The van der Waals surface area contributed by atoms with Gasteiger partial charge in [0, 0.05) is 37.0 Å². The van der Waals surface area contributed by atoms with Gasteiger partial charge in [0.05, 0.1) is 11.6 Å². The van der Waals surface area contributed by atoms with Crippen molar-refractivity contribution in [2.75, 3.05) is 24.5 Å². The summed E-state index contributed by atoms with van der Waals surface area (Å²) in [6.45, 7) is 15.3. The van der Waals surface area contributed by atoms with Gasteiger partial charge in [-0.15, -0.1) is 0 Å². The van der Waals surface area contributed by atoms with Crippen LogP contribution in [0.5, 0.6) is 0 Å². The van der Waals surface area contributed by atoms with E-state index in [1.807, 2.05) is 0 Å². The van der Waals surface area contributed by atoms with Crippen LogP contribution in [0.15, 0.2) is 6.07 Å². The molecule has 140 valence electrons. The fourth-order valence-electron chi connectivity index (χ4n) is 3.05. The van der Waals surface area contributed by atoms with E-state index in [0.29, 0.717) is 0 Å². The second kappa shape index (κ2) is 8.15. The summed E-state index contributed by atoms with van der Waals surface area (Å²) in [5, 5.41) is 3.04. The molecule has 25 heavy (non-hydrogen) atoms. The predicted molar refractivity (Wildman–Crippen MR) is 103 cm³/mol. The molecule has 1 aromatic heterocycles. The van der Waals surface area contributed by atoms with Crippen molar-refractivity contribution in [3.8, 4) is 0 Å². The van der Waals surface area contributed by atoms with Crippen molar-refractivity contribution >= 4 is 11.7 Å². The van der Waals surface area contributed by atoms with Crippen LogP contribution >= 0.6 is 0 Å². The molecule has 0 aliphatic carbocycles. The Hall–Kier alpha value is -1.65. The Morgan fingerprint density at radius 2 is 2.08 bits per heavy atom. The van der Waals surface area contributed by atoms with Gasteiger partial charge < -0.3 is 10.2 Å². The van der Waals surface area contributed by atoms with Crippen LogP contribution in [-0.2, 0) is 10.2 Å². The quantitative estimate of drug-likeness (QED) is 0.884. The Bertz CT molecular complexity index is 592. The first-order valence-electron chi connectivity index (χ1n) is 9.64. The summed E-state index contributed by atoms with van der Waals surface area (Å²) < 4.78 is 0. The molecule has 0 saturated carbocycles. The molecule has 2 heterocycles. The van der Waals surface area contributed by atoms with Gasteiger partial charge in [0.2, 0.25) is 5.91 Å². The number of hydrogen-bond donors (Lipinski definition) is 1. The predicted octanol–water partition coefficient (Wildman–Crippen LogP) is 3.64. The summed E-state index contributed by atoms with van der Waals surface area (Å²) in [6, 6.07) is 2.11. The average Bonchev–Trinajstić information content (AvgIpc) is 2.58. The van der Waals surface area contributed by atoms with Crippen molar-refractivity contribution in [3.05, 3.63) is 17.6 Å². The highest BCUT2D eigenvalue weighted by atomic mass is 16.1. The normalized spacial score (nSPS) is 18.5. The number of carbonyl (C=O) groups is 1. The van der Waals surface area contributed by atoms with Crippen LogP contribution < -0.4 is 10.2 Å². The van der Waals surface area contributed by atoms with Crippen LogP contribution in [0.25, 0.3) is 0 Å². The summed E-state index contributed by atoms with van der Waals surface area (Å²) >= 11 is 0. The van der Waals surface area contributed by atoms with Crippen LogP contribution in [-0.4, -0.2) is 35.5 Å². The van der Waals surface area contributed by atoms with Gasteiger partial charge in [0.1, 0.15) is 11.6 Å². The Balaban J connectivity index is 2.24. The maximum absolute atomic E-state index is 12.4. The highest BCUT2D eigenvalue weighted by Crippen LogP contribution is 2.28. The number of amides is 1. The Labute approximate surface area is 152 Å². The molecule has 1 unspecified atom stereocenters. The zero-order valence-electron chi connectivity index (χ0n) is 16.7. The monoisotopic (exact) mass is 346 g/mol. The van der Waals surface area contributed by atoms with Crippen molar-refractivity contribution in [1.29, 1.82) is 0 Å². The second-order valence-electron chi connectivity index (χ2n) is 8.45. The molecule has 1 amide bonds. The summed E-state index contributed by atoms with van der Waals surface area (Å²) in [7, 11) is 0. The lowest BCUT2D eigenvalue weighted by Gasteiger charge is -2.34. The van der Waals surface area contributed by atoms with Gasteiger partial charge in [-0.25, -0.2) is 9.97 Å². The van der Waals surface area contributed by atoms with Gasteiger partial charge in [0.15, 0.2) is 0 Å². The van der Waals surface area contributed by atoms with Gasteiger partial charge in [-0.2, -0.15) is 0 Å². The number of rotatable bonds is 5. The van der Waals surface area contributed by atoms with Gasteiger partial charge in [-0.1, -0.05) is 41.5 Å². The molecule has 1 atom stereocenters. The minimum atomic E-state index is -0.0188. The van der Waals surface area contributed by atoms with Gasteiger partial charge >= 0.3 is 0 Å². The van der Waals surface area contributed by atoms with E-state index in [2.05, 4.69) is 57.8 Å². The van der Waals surface area contributed by atoms with E-state index in [-0.39, 0.29) is 23.2 Å². The van der Waals surface area contributed by atoms with Crippen LogP contribution in [0, 0.1) is 5.92 Å². The molecular formula is C20H34N4O. The Kier molecular flexibility index (Phi) is 6.42. The highest BCUT2D eigenvalue weighted by Gasteiger charge is 2.28. The van der Waals surface area contributed by atoms with Crippen molar-refractivity contribution in [2.24, 2.45) is 5.92 Å². The third kappa shape index (κ3) is 5.16. The van der Waals surface area contributed by atoms with Crippen LogP contribution in [0.3, 0.4) is 0 Å². The smallest absolute Gasteiger partial charge is 0.224 e. The molecular weight excluding hydrogens is 312 g/mol. The molecule has 2 rings (SSSR count). The standard InChI is InChI=1S/C20H34N4O/c1-7-10-21-19(25)15-9-8-11-24(13-15)17-12-16(20(4,5)6)22-18(23-17)14(2)3/h12,14-15H,7-11,13H2,1-6H3,(H,21,25). The van der Waals surface area contributed by atoms with Crippen molar-refractivity contribution in [1.82, 2.24) is 15.3 Å². The SMILES string of the molecule is CCCNC(=O)C1CCCN(c2cc(C(C)(C)C)nc(C(C)C)n2)C1. The van der Waals surface area contributed by atoms with E-state index in [4.69, 9.17) is 9.97 Å². The Morgan fingerprint density at radius 3 is 2.68 bits per heavy atom. The summed E-state index contributed by atoms with van der Waals surface area (Å²) in [6.07, 6.45) is 2.96.